The smallest absolute Gasteiger partial charge is 0.0833 e. The van der Waals surface area contributed by atoms with E-state index in [2.05, 4.69) is 128 Å². The van der Waals surface area contributed by atoms with E-state index in [0.717, 1.165) is 33.8 Å². The molecule has 5 aromatic carbocycles. The fourth-order valence-corrected chi connectivity index (χ4v) is 5.76. The van der Waals surface area contributed by atoms with Crippen LogP contribution >= 0.6 is 23.2 Å². The highest BCUT2D eigenvalue weighted by atomic mass is 35.5. The minimum Gasteiger partial charge on any atom is -0.309 e. The summed E-state index contributed by atoms with van der Waals surface area (Å²) in [5, 5.41) is 1.05. The zero-order valence-electron chi connectivity index (χ0n) is 21.3. The van der Waals surface area contributed by atoms with Crippen LogP contribution < -0.4 is 4.90 Å². The number of nitrogens with zero attached hydrogens (tertiary/aromatic N) is 1. The summed E-state index contributed by atoms with van der Waals surface area (Å²) in [6.07, 6.45) is 2.33. The summed E-state index contributed by atoms with van der Waals surface area (Å²) >= 11 is 13.8. The van der Waals surface area contributed by atoms with Gasteiger partial charge in [-0.15, -0.1) is 0 Å². The average molecular weight is 533 g/mol. The van der Waals surface area contributed by atoms with Gasteiger partial charge in [0.25, 0.3) is 0 Å². The SMILES string of the molecule is CC1(C)C=C(N(c2ccccc2)c2cc(-c3cccc(-c4ccccc4)c3)cc(Cl)c2Cl)c2ccccc21. The quantitative estimate of drug-likeness (QED) is 0.218. The molecule has 1 aliphatic rings. The lowest BCUT2D eigenvalue weighted by molar-refractivity contribution is 0.683. The van der Waals surface area contributed by atoms with Crippen LogP contribution in [-0.4, -0.2) is 0 Å². The van der Waals surface area contributed by atoms with Crippen molar-refractivity contribution in [1.29, 1.82) is 0 Å². The maximum Gasteiger partial charge on any atom is 0.0833 e. The first-order chi connectivity index (χ1) is 18.4. The van der Waals surface area contributed by atoms with E-state index < -0.39 is 0 Å². The second-order valence-electron chi connectivity index (χ2n) is 10.2. The Morgan fingerprint density at radius 1 is 0.579 bits per heavy atom. The Kier molecular flexibility index (Phi) is 6.35. The Morgan fingerprint density at radius 3 is 1.92 bits per heavy atom. The van der Waals surface area contributed by atoms with E-state index >= 15 is 0 Å². The van der Waals surface area contributed by atoms with Crippen LogP contribution in [0.4, 0.5) is 11.4 Å². The molecule has 0 saturated carbocycles. The first-order valence-corrected chi connectivity index (χ1v) is 13.5. The van der Waals surface area contributed by atoms with Gasteiger partial charge in [-0.05, 0) is 64.2 Å². The molecule has 1 aliphatic carbocycles. The van der Waals surface area contributed by atoms with Gasteiger partial charge in [0.1, 0.15) is 0 Å². The molecule has 0 aliphatic heterocycles. The highest BCUT2D eigenvalue weighted by Crippen LogP contribution is 2.49. The number of hydrogen-bond acceptors (Lipinski definition) is 1. The van der Waals surface area contributed by atoms with Crippen molar-refractivity contribution in [3.8, 4) is 22.3 Å². The first-order valence-electron chi connectivity index (χ1n) is 12.8. The molecule has 0 fully saturated rings. The number of benzene rings is 5. The summed E-state index contributed by atoms with van der Waals surface area (Å²) in [5.41, 5.74) is 9.79. The van der Waals surface area contributed by atoms with Gasteiger partial charge < -0.3 is 4.90 Å². The standard InChI is InChI=1S/C35H27Cl2N/c1-35(2)23-33(29-18-9-10-19-30(29)35)38(28-16-7-4-8-17-28)32-22-27(21-31(36)34(32)37)26-15-11-14-25(20-26)24-12-5-3-6-13-24/h3-23H,1-2H3. The third-order valence-electron chi connectivity index (χ3n) is 7.20. The Bertz CT molecular complexity index is 1650. The Hall–Kier alpha value is -3.78. The molecule has 0 spiro atoms. The number of anilines is 2. The van der Waals surface area contributed by atoms with Gasteiger partial charge in [0, 0.05) is 16.7 Å². The van der Waals surface area contributed by atoms with Gasteiger partial charge in [0.2, 0.25) is 0 Å². The van der Waals surface area contributed by atoms with E-state index in [4.69, 9.17) is 23.2 Å². The fourth-order valence-electron chi connectivity index (χ4n) is 5.35. The topological polar surface area (TPSA) is 3.24 Å². The van der Waals surface area contributed by atoms with Crippen molar-refractivity contribution in [1.82, 2.24) is 0 Å². The molecule has 0 saturated heterocycles. The minimum atomic E-state index is -0.114. The van der Waals surface area contributed by atoms with E-state index in [9.17, 15) is 0 Å². The van der Waals surface area contributed by atoms with Gasteiger partial charge in [0.05, 0.1) is 21.4 Å². The maximum absolute atomic E-state index is 7.00. The molecule has 0 atom stereocenters. The molecule has 186 valence electrons. The third kappa shape index (κ3) is 4.43. The van der Waals surface area contributed by atoms with Crippen molar-refractivity contribution in [2.24, 2.45) is 0 Å². The van der Waals surface area contributed by atoms with E-state index in [0.29, 0.717) is 10.0 Å². The van der Waals surface area contributed by atoms with Crippen LogP contribution in [0.2, 0.25) is 10.0 Å². The van der Waals surface area contributed by atoms with Gasteiger partial charge in [-0.2, -0.15) is 0 Å². The van der Waals surface area contributed by atoms with E-state index in [-0.39, 0.29) is 5.41 Å². The Morgan fingerprint density at radius 2 is 1.18 bits per heavy atom. The van der Waals surface area contributed by atoms with E-state index in [1.54, 1.807) is 0 Å². The first kappa shape index (κ1) is 24.6. The third-order valence-corrected chi connectivity index (χ3v) is 8.00. The normalized spacial score (nSPS) is 13.6. The summed E-state index contributed by atoms with van der Waals surface area (Å²) in [6, 6.07) is 42.0. The van der Waals surface area contributed by atoms with Crippen molar-refractivity contribution in [3.05, 3.63) is 149 Å². The second kappa shape index (κ2) is 9.83. The highest BCUT2D eigenvalue weighted by Gasteiger charge is 2.34. The monoisotopic (exact) mass is 531 g/mol. The lowest BCUT2D eigenvalue weighted by atomic mass is 9.87. The van der Waals surface area contributed by atoms with Crippen molar-refractivity contribution >= 4 is 40.3 Å². The van der Waals surface area contributed by atoms with Crippen LogP contribution in [0.15, 0.2) is 127 Å². The molecule has 0 amide bonds. The van der Waals surface area contributed by atoms with Gasteiger partial charge in [-0.1, -0.05) is 128 Å². The van der Waals surface area contributed by atoms with Crippen LogP contribution in [0.3, 0.4) is 0 Å². The molecular formula is C35H27Cl2N. The van der Waals surface area contributed by atoms with Crippen molar-refractivity contribution in [2.75, 3.05) is 4.90 Å². The zero-order chi connectivity index (χ0) is 26.3. The summed E-state index contributed by atoms with van der Waals surface area (Å²) in [6.45, 7) is 4.50. The van der Waals surface area contributed by atoms with Crippen LogP contribution in [0, 0.1) is 0 Å². The molecule has 1 nitrogen and oxygen atoms in total. The molecule has 0 radical (unpaired) electrons. The number of para-hydroxylation sites is 1. The molecule has 0 unspecified atom stereocenters. The fraction of sp³-hybridized carbons (Fsp3) is 0.0857. The van der Waals surface area contributed by atoms with Crippen LogP contribution in [0.25, 0.3) is 28.0 Å². The highest BCUT2D eigenvalue weighted by molar-refractivity contribution is 6.44. The van der Waals surface area contributed by atoms with Crippen LogP contribution in [0.5, 0.6) is 0 Å². The molecule has 0 bridgehead atoms. The molecular weight excluding hydrogens is 505 g/mol. The number of allylic oxidation sites excluding steroid dienone is 1. The molecule has 6 rings (SSSR count). The van der Waals surface area contributed by atoms with Gasteiger partial charge in [-0.25, -0.2) is 0 Å². The summed E-state index contributed by atoms with van der Waals surface area (Å²) in [5.74, 6) is 0. The summed E-state index contributed by atoms with van der Waals surface area (Å²) < 4.78 is 0. The van der Waals surface area contributed by atoms with E-state index in [1.807, 2.05) is 18.2 Å². The molecule has 0 heterocycles. The minimum absolute atomic E-state index is 0.114. The summed E-state index contributed by atoms with van der Waals surface area (Å²) in [7, 11) is 0. The van der Waals surface area contributed by atoms with Gasteiger partial charge in [-0.3, -0.25) is 0 Å². The van der Waals surface area contributed by atoms with Crippen LogP contribution in [-0.2, 0) is 5.41 Å². The van der Waals surface area contributed by atoms with Gasteiger partial charge in [0.15, 0.2) is 0 Å². The molecule has 0 aromatic heterocycles. The van der Waals surface area contributed by atoms with Crippen molar-refractivity contribution in [2.45, 2.75) is 19.3 Å². The lowest BCUT2D eigenvalue weighted by Crippen LogP contribution is -2.15. The molecule has 5 aromatic rings. The van der Waals surface area contributed by atoms with Gasteiger partial charge >= 0.3 is 0 Å². The Labute approximate surface area is 234 Å². The lowest BCUT2D eigenvalue weighted by Gasteiger charge is -2.29. The van der Waals surface area contributed by atoms with Crippen LogP contribution in [0.1, 0.15) is 25.0 Å². The average Bonchev–Trinajstić information content (AvgIpc) is 3.22. The Balaban J connectivity index is 1.54. The molecule has 0 N–H and O–H groups in total. The second-order valence-corrected chi connectivity index (χ2v) is 11.0. The maximum atomic E-state index is 7.00. The number of fused-ring (bicyclic) bond motifs is 1. The summed E-state index contributed by atoms with van der Waals surface area (Å²) in [4.78, 5) is 2.24. The predicted molar refractivity (Wildman–Crippen MR) is 163 cm³/mol. The molecule has 3 heteroatoms. The van der Waals surface area contributed by atoms with E-state index in [1.165, 1.54) is 16.7 Å². The number of hydrogen-bond donors (Lipinski definition) is 0. The number of halogens is 2. The van der Waals surface area contributed by atoms with Crippen molar-refractivity contribution in [3.63, 3.8) is 0 Å². The zero-order valence-corrected chi connectivity index (χ0v) is 22.8. The number of rotatable bonds is 5. The molecule has 38 heavy (non-hydrogen) atoms. The largest absolute Gasteiger partial charge is 0.309 e. The predicted octanol–water partition coefficient (Wildman–Crippen LogP) is 10.8. The van der Waals surface area contributed by atoms with Crippen molar-refractivity contribution < 1.29 is 0 Å².